The fourth-order valence-electron chi connectivity index (χ4n) is 4.38. The second-order valence-corrected chi connectivity index (χ2v) is 9.31. The number of aromatic nitrogens is 2. The quantitative estimate of drug-likeness (QED) is 0.436. The number of hydrogen-bond acceptors (Lipinski definition) is 5. The normalized spacial score (nSPS) is 14.0. The predicted molar refractivity (Wildman–Crippen MR) is 132 cm³/mol. The molecule has 0 bridgehead atoms. The molecule has 0 unspecified atom stereocenters. The zero-order valence-corrected chi connectivity index (χ0v) is 19.7. The van der Waals surface area contributed by atoms with Crippen molar-refractivity contribution in [1.29, 1.82) is 0 Å². The second kappa shape index (κ2) is 9.10. The summed E-state index contributed by atoms with van der Waals surface area (Å²) in [6.07, 6.45) is 0. The molecule has 3 heterocycles. The SMILES string of the molecule is Cc1cc(-n2c(=O)c3sccc3n(CC(=O)N3CCN(c4ccccc4F)CC3)c2=O)ccc1F. The molecule has 10 heteroatoms. The summed E-state index contributed by atoms with van der Waals surface area (Å²) in [4.78, 5) is 43.2. The van der Waals surface area contributed by atoms with Crippen molar-refractivity contribution in [2.45, 2.75) is 13.5 Å². The smallest absolute Gasteiger partial charge is 0.336 e. The number of carbonyl (C=O) groups is 1. The Morgan fingerprint density at radius 2 is 1.71 bits per heavy atom. The molecule has 1 fully saturated rings. The first-order valence-electron chi connectivity index (χ1n) is 11.1. The number of nitrogens with zero attached hydrogens (tertiary/aromatic N) is 4. The van der Waals surface area contributed by atoms with Crippen LogP contribution in [0.15, 0.2) is 63.5 Å². The standard InChI is InChI=1S/C25H22F2N4O3S/c1-16-14-17(6-7-18(16)26)31-24(33)23-21(8-13-35-23)30(25(31)34)15-22(32)29-11-9-28(10-12-29)20-5-3-2-4-19(20)27/h2-8,13-14H,9-12,15H2,1H3. The third-order valence-corrected chi connectivity index (χ3v) is 7.17. The molecular formula is C25H22F2N4O3S. The van der Waals surface area contributed by atoms with Crippen LogP contribution in [0, 0.1) is 18.6 Å². The van der Waals surface area contributed by atoms with Crippen molar-refractivity contribution < 1.29 is 13.6 Å². The minimum Gasteiger partial charge on any atom is -0.366 e. The Balaban J connectivity index is 1.44. The van der Waals surface area contributed by atoms with Crippen LogP contribution in [0.2, 0.25) is 0 Å². The molecule has 4 aromatic rings. The monoisotopic (exact) mass is 496 g/mol. The van der Waals surface area contributed by atoms with Crippen LogP contribution in [0.5, 0.6) is 0 Å². The van der Waals surface area contributed by atoms with Crippen LogP contribution >= 0.6 is 11.3 Å². The van der Waals surface area contributed by atoms with E-state index in [0.29, 0.717) is 47.6 Å². The van der Waals surface area contributed by atoms with Gasteiger partial charge in [0.1, 0.15) is 22.9 Å². The molecule has 0 atom stereocenters. The maximum Gasteiger partial charge on any atom is 0.336 e. The molecule has 1 saturated heterocycles. The molecule has 0 N–H and O–H groups in total. The van der Waals surface area contributed by atoms with Gasteiger partial charge in [0.2, 0.25) is 5.91 Å². The number of thiophene rings is 1. The van der Waals surface area contributed by atoms with Crippen LogP contribution in [-0.4, -0.2) is 46.1 Å². The predicted octanol–water partition coefficient (Wildman–Crippen LogP) is 3.15. The van der Waals surface area contributed by atoms with Gasteiger partial charge in [0.25, 0.3) is 5.56 Å². The van der Waals surface area contributed by atoms with Gasteiger partial charge in [0.05, 0.1) is 16.9 Å². The van der Waals surface area contributed by atoms with E-state index in [2.05, 4.69) is 0 Å². The highest BCUT2D eigenvalue weighted by molar-refractivity contribution is 7.17. The molecule has 35 heavy (non-hydrogen) atoms. The Hall–Kier alpha value is -3.79. The Bertz CT molecular complexity index is 1550. The van der Waals surface area contributed by atoms with Gasteiger partial charge < -0.3 is 9.80 Å². The second-order valence-electron chi connectivity index (χ2n) is 8.40. The molecule has 1 amide bonds. The van der Waals surface area contributed by atoms with Gasteiger partial charge in [-0.2, -0.15) is 0 Å². The van der Waals surface area contributed by atoms with Crippen molar-refractivity contribution in [3.05, 3.63) is 91.9 Å². The summed E-state index contributed by atoms with van der Waals surface area (Å²) < 4.78 is 30.5. The number of piperazine rings is 1. The first-order valence-corrected chi connectivity index (χ1v) is 12.0. The number of halogens is 2. The zero-order chi connectivity index (χ0) is 24.7. The lowest BCUT2D eigenvalue weighted by atomic mass is 10.2. The Labute approximate surface area is 203 Å². The fraction of sp³-hybridized carbons (Fsp3) is 0.240. The van der Waals surface area contributed by atoms with Crippen LogP contribution < -0.4 is 16.1 Å². The van der Waals surface area contributed by atoms with Gasteiger partial charge in [-0.25, -0.2) is 18.1 Å². The average Bonchev–Trinajstić information content (AvgIpc) is 3.35. The number of benzene rings is 2. The maximum atomic E-state index is 14.1. The molecule has 2 aromatic carbocycles. The van der Waals surface area contributed by atoms with Crippen LogP contribution in [-0.2, 0) is 11.3 Å². The topological polar surface area (TPSA) is 67.6 Å². The number of para-hydroxylation sites is 1. The Morgan fingerprint density at radius 1 is 0.971 bits per heavy atom. The molecule has 0 spiro atoms. The highest BCUT2D eigenvalue weighted by Crippen LogP contribution is 2.21. The Kier molecular flexibility index (Phi) is 5.98. The summed E-state index contributed by atoms with van der Waals surface area (Å²) in [5.74, 6) is -1.02. The van der Waals surface area contributed by atoms with E-state index >= 15 is 0 Å². The van der Waals surface area contributed by atoms with E-state index in [4.69, 9.17) is 0 Å². The number of carbonyl (C=O) groups excluding carboxylic acids is 1. The van der Waals surface area contributed by atoms with E-state index < -0.39 is 17.1 Å². The zero-order valence-electron chi connectivity index (χ0n) is 18.9. The average molecular weight is 497 g/mol. The molecule has 0 saturated carbocycles. The fourth-order valence-corrected chi connectivity index (χ4v) is 5.20. The van der Waals surface area contributed by atoms with Crippen molar-refractivity contribution in [1.82, 2.24) is 14.0 Å². The number of aryl methyl sites for hydroxylation is 1. The van der Waals surface area contributed by atoms with Crippen LogP contribution in [0.1, 0.15) is 5.56 Å². The van der Waals surface area contributed by atoms with Crippen LogP contribution in [0.25, 0.3) is 15.9 Å². The number of amides is 1. The summed E-state index contributed by atoms with van der Waals surface area (Å²) in [7, 11) is 0. The highest BCUT2D eigenvalue weighted by Gasteiger charge is 2.25. The van der Waals surface area contributed by atoms with Crippen molar-refractivity contribution in [2.75, 3.05) is 31.1 Å². The van der Waals surface area contributed by atoms with E-state index in [-0.39, 0.29) is 24.0 Å². The number of hydrogen-bond donors (Lipinski definition) is 0. The summed E-state index contributed by atoms with van der Waals surface area (Å²) in [6.45, 7) is 2.99. The largest absolute Gasteiger partial charge is 0.366 e. The van der Waals surface area contributed by atoms with Gasteiger partial charge >= 0.3 is 5.69 Å². The summed E-state index contributed by atoms with van der Waals surface area (Å²) in [5, 5.41) is 1.69. The van der Waals surface area contributed by atoms with E-state index in [1.54, 1.807) is 41.5 Å². The minimum atomic E-state index is -0.662. The molecule has 1 aliphatic rings. The lowest BCUT2D eigenvalue weighted by Crippen LogP contribution is -2.51. The van der Waals surface area contributed by atoms with Crippen LogP contribution in [0.4, 0.5) is 14.5 Å². The van der Waals surface area contributed by atoms with Gasteiger partial charge in [-0.3, -0.25) is 14.2 Å². The third-order valence-electron chi connectivity index (χ3n) is 6.27. The molecule has 7 nitrogen and oxygen atoms in total. The molecule has 2 aromatic heterocycles. The third kappa shape index (κ3) is 4.14. The Morgan fingerprint density at radius 3 is 2.43 bits per heavy atom. The lowest BCUT2D eigenvalue weighted by Gasteiger charge is -2.36. The van der Waals surface area contributed by atoms with E-state index in [9.17, 15) is 23.2 Å². The summed E-state index contributed by atoms with van der Waals surface area (Å²) >= 11 is 1.18. The van der Waals surface area contributed by atoms with Crippen molar-refractivity contribution in [3.63, 3.8) is 0 Å². The van der Waals surface area contributed by atoms with Gasteiger partial charge in [0, 0.05) is 26.2 Å². The van der Waals surface area contributed by atoms with E-state index in [1.807, 2.05) is 4.90 Å². The molecular weight excluding hydrogens is 474 g/mol. The number of rotatable bonds is 4. The van der Waals surface area contributed by atoms with Crippen molar-refractivity contribution >= 4 is 33.1 Å². The summed E-state index contributed by atoms with van der Waals surface area (Å²) in [6, 6.07) is 12.2. The minimum absolute atomic E-state index is 0.244. The first-order chi connectivity index (χ1) is 16.8. The number of fused-ring (bicyclic) bond motifs is 1. The van der Waals surface area contributed by atoms with Crippen LogP contribution in [0.3, 0.4) is 0 Å². The van der Waals surface area contributed by atoms with Gasteiger partial charge in [-0.05, 0) is 54.3 Å². The van der Waals surface area contributed by atoms with E-state index in [0.717, 1.165) is 4.57 Å². The highest BCUT2D eigenvalue weighted by atomic mass is 32.1. The van der Waals surface area contributed by atoms with Gasteiger partial charge in [0.15, 0.2) is 0 Å². The first kappa shape index (κ1) is 23.0. The summed E-state index contributed by atoms with van der Waals surface area (Å²) in [5.41, 5.74) is 0.263. The number of anilines is 1. The van der Waals surface area contributed by atoms with Crippen molar-refractivity contribution in [3.8, 4) is 5.69 Å². The van der Waals surface area contributed by atoms with E-state index in [1.165, 1.54) is 40.2 Å². The van der Waals surface area contributed by atoms with Gasteiger partial charge in [-0.15, -0.1) is 11.3 Å². The maximum absolute atomic E-state index is 14.1. The molecule has 5 rings (SSSR count). The molecule has 1 aliphatic heterocycles. The molecule has 180 valence electrons. The lowest BCUT2D eigenvalue weighted by molar-refractivity contribution is -0.132. The van der Waals surface area contributed by atoms with Crippen molar-refractivity contribution in [2.24, 2.45) is 0 Å². The van der Waals surface area contributed by atoms with Gasteiger partial charge in [-0.1, -0.05) is 12.1 Å². The molecule has 0 aliphatic carbocycles. The molecule has 0 radical (unpaired) electrons.